The van der Waals surface area contributed by atoms with Crippen molar-refractivity contribution in [2.24, 2.45) is 0 Å². The Balaban J connectivity index is 0.000000191. The fourth-order valence-corrected chi connectivity index (χ4v) is 7.59. The van der Waals surface area contributed by atoms with E-state index in [0.717, 1.165) is 80.7 Å². The van der Waals surface area contributed by atoms with Gasteiger partial charge in [0.2, 0.25) is 0 Å². The van der Waals surface area contributed by atoms with Crippen LogP contribution in [0.1, 0.15) is 52.9 Å². The Morgan fingerprint density at radius 1 is 0.587 bits per heavy atom. The largest absolute Gasteiger partial charge is 0.489 e. The Bertz CT molecular complexity index is 2270. The minimum atomic E-state index is -4.56. The number of piperazine rings is 2. The first kappa shape index (κ1) is 49.1. The summed E-state index contributed by atoms with van der Waals surface area (Å²) in [4.78, 5) is 13.4. The maximum Gasteiger partial charge on any atom is 0.489 e. The first-order chi connectivity index (χ1) is 29.7. The molecule has 0 amide bonds. The van der Waals surface area contributed by atoms with E-state index in [-0.39, 0.29) is 19.0 Å². The lowest BCUT2D eigenvalue weighted by Crippen LogP contribution is -2.45. The zero-order valence-corrected chi connectivity index (χ0v) is 35.2. The molecule has 0 saturated carbocycles. The van der Waals surface area contributed by atoms with Crippen molar-refractivity contribution >= 4 is 28.5 Å². The Morgan fingerprint density at radius 2 is 1.05 bits per heavy atom. The van der Waals surface area contributed by atoms with Gasteiger partial charge in [-0.2, -0.15) is 26.3 Å². The van der Waals surface area contributed by atoms with Crippen LogP contribution in [0.5, 0.6) is 0 Å². The molecular weight excluding hydrogens is 885 g/mol. The van der Waals surface area contributed by atoms with Crippen molar-refractivity contribution in [3.63, 3.8) is 0 Å². The van der Waals surface area contributed by atoms with Crippen molar-refractivity contribution in [2.45, 2.75) is 45.0 Å². The number of benzene rings is 4. The van der Waals surface area contributed by atoms with Crippen LogP contribution in [0.25, 0.3) is 11.3 Å². The lowest BCUT2D eigenvalue weighted by atomic mass is 9.77. The van der Waals surface area contributed by atoms with Gasteiger partial charge in [0.05, 0.1) is 16.8 Å². The zero-order chi connectivity index (χ0) is 44.1. The average Bonchev–Trinajstić information content (AvgIpc) is 3.28. The van der Waals surface area contributed by atoms with Crippen LogP contribution in [-0.4, -0.2) is 76.2 Å². The van der Waals surface area contributed by atoms with Crippen LogP contribution in [0, 0.1) is 0 Å². The van der Waals surface area contributed by atoms with Gasteiger partial charge in [0.15, 0.2) is 0 Å². The Morgan fingerprint density at radius 3 is 1.49 bits per heavy atom. The van der Waals surface area contributed by atoms with Crippen molar-refractivity contribution in [1.82, 2.24) is 30.4 Å². The van der Waals surface area contributed by atoms with Crippen molar-refractivity contribution in [2.75, 3.05) is 39.3 Å². The lowest BCUT2D eigenvalue weighted by molar-refractivity contribution is -0.137. The number of hydrogen-bond donors (Lipinski definition) is 4. The fraction of sp³-hybridized carbons (Fsp3) is 0.277. The molecule has 2 saturated heterocycles. The van der Waals surface area contributed by atoms with Gasteiger partial charge in [0.1, 0.15) is 4.60 Å². The van der Waals surface area contributed by atoms with Gasteiger partial charge in [0, 0.05) is 82.4 Å². The quantitative estimate of drug-likeness (QED) is 0.0684. The van der Waals surface area contributed by atoms with Crippen LogP contribution in [0.2, 0.25) is 0 Å². The van der Waals surface area contributed by atoms with E-state index >= 15 is 0 Å². The lowest BCUT2D eigenvalue weighted by Gasteiger charge is -2.34. The zero-order valence-electron chi connectivity index (χ0n) is 33.6. The molecule has 0 aliphatic carbocycles. The summed E-state index contributed by atoms with van der Waals surface area (Å²) in [6.45, 7) is 7.53. The standard InChI is InChI=1S/C23H22F3N3.C16H18BrN3.C7H6BF3O2.CH4/c24-23(25,26)20-9-5-4-8-19(20)21-11-10-17(14-28-21)15-29-13-12-27-22(16-29)18-6-2-1-3-7-18;17-16-7-6-13(10-19-16)11-20-9-8-18-15(12-20)14-4-2-1-3-5-14;9-7(10,11)5-3-1-2-4-6(5)8(12)13;/h1-11,14,22,27H,12-13,15-16H2;1-7,10,15,18H,8-9,11-12H2;1-4,12-13H;1H4. The minimum Gasteiger partial charge on any atom is -0.423 e. The Kier molecular flexibility index (Phi) is 18.0. The number of hydrogen-bond acceptors (Lipinski definition) is 8. The smallest absolute Gasteiger partial charge is 0.423 e. The van der Waals surface area contributed by atoms with Crippen LogP contribution in [0.15, 0.2) is 150 Å². The molecule has 0 spiro atoms. The second kappa shape index (κ2) is 23.1. The summed E-state index contributed by atoms with van der Waals surface area (Å²) in [6, 6.07) is 39.3. The Labute approximate surface area is 373 Å². The highest BCUT2D eigenvalue weighted by molar-refractivity contribution is 9.10. The summed E-state index contributed by atoms with van der Waals surface area (Å²) in [5.74, 6) is 0. The number of pyridine rings is 2. The highest BCUT2D eigenvalue weighted by Gasteiger charge is 2.36. The van der Waals surface area contributed by atoms with Gasteiger partial charge in [-0.15, -0.1) is 0 Å². The van der Waals surface area contributed by atoms with Crippen LogP contribution in [0.4, 0.5) is 26.3 Å². The van der Waals surface area contributed by atoms with Crippen LogP contribution >= 0.6 is 15.9 Å². The van der Waals surface area contributed by atoms with E-state index in [1.807, 2.05) is 36.5 Å². The molecule has 63 heavy (non-hydrogen) atoms. The predicted molar refractivity (Wildman–Crippen MR) is 240 cm³/mol. The summed E-state index contributed by atoms with van der Waals surface area (Å²) in [5.41, 5.74) is 3.12. The molecule has 0 bridgehead atoms. The number of nitrogens with zero attached hydrogens (tertiary/aromatic N) is 4. The van der Waals surface area contributed by atoms with E-state index in [1.165, 1.54) is 41.0 Å². The van der Waals surface area contributed by atoms with Crippen LogP contribution in [-0.2, 0) is 25.4 Å². The third-order valence-electron chi connectivity index (χ3n) is 10.4. The molecule has 332 valence electrons. The molecule has 6 aromatic rings. The van der Waals surface area contributed by atoms with E-state index in [4.69, 9.17) is 10.0 Å². The van der Waals surface area contributed by atoms with Crippen molar-refractivity contribution in [1.29, 1.82) is 0 Å². The molecule has 8 nitrogen and oxygen atoms in total. The molecular formula is C47H50BBrF6N6O2. The number of aromatic nitrogens is 2. The van der Waals surface area contributed by atoms with Gasteiger partial charge >= 0.3 is 19.5 Å². The first-order valence-corrected chi connectivity index (χ1v) is 20.8. The van der Waals surface area contributed by atoms with Crippen molar-refractivity contribution < 1.29 is 36.4 Å². The van der Waals surface area contributed by atoms with Gasteiger partial charge in [-0.25, -0.2) is 4.98 Å². The van der Waals surface area contributed by atoms with E-state index in [0.29, 0.717) is 11.7 Å². The van der Waals surface area contributed by atoms with Crippen molar-refractivity contribution in [3.8, 4) is 11.3 Å². The van der Waals surface area contributed by atoms with Gasteiger partial charge in [-0.3, -0.25) is 14.8 Å². The summed E-state index contributed by atoms with van der Waals surface area (Å²) in [5, 5.41) is 24.4. The molecule has 2 unspecified atom stereocenters. The van der Waals surface area contributed by atoms with Gasteiger partial charge in [-0.1, -0.05) is 123 Å². The SMILES string of the molecule is Brc1ccc(CN2CCNC(c3ccccc3)C2)cn1.C.FC(F)(F)c1ccccc1-c1ccc(CN2CCNC(c3ccccc3)C2)cn1.OB(O)c1ccccc1C(F)(F)F. The molecule has 4 N–H and O–H groups in total. The molecule has 2 aliphatic rings. The van der Waals surface area contributed by atoms with Gasteiger partial charge in [-0.05, 0) is 61.8 Å². The normalized spacial score (nSPS) is 17.0. The molecule has 4 aromatic carbocycles. The van der Waals surface area contributed by atoms with Gasteiger partial charge in [0.25, 0.3) is 0 Å². The highest BCUT2D eigenvalue weighted by Crippen LogP contribution is 2.36. The predicted octanol–water partition coefficient (Wildman–Crippen LogP) is 8.93. The molecule has 16 heteroatoms. The van der Waals surface area contributed by atoms with E-state index in [2.05, 4.69) is 94.9 Å². The third kappa shape index (κ3) is 14.5. The first-order valence-electron chi connectivity index (χ1n) is 20.0. The molecule has 2 atom stereocenters. The highest BCUT2D eigenvalue weighted by atomic mass is 79.9. The van der Waals surface area contributed by atoms with E-state index < -0.39 is 36.1 Å². The third-order valence-corrected chi connectivity index (χ3v) is 10.9. The number of alkyl halides is 6. The molecule has 4 heterocycles. The molecule has 8 rings (SSSR count). The summed E-state index contributed by atoms with van der Waals surface area (Å²) < 4.78 is 77.2. The monoisotopic (exact) mass is 934 g/mol. The second-order valence-electron chi connectivity index (χ2n) is 14.8. The van der Waals surface area contributed by atoms with E-state index in [9.17, 15) is 26.3 Å². The maximum atomic E-state index is 13.3. The van der Waals surface area contributed by atoms with Crippen LogP contribution < -0.4 is 16.1 Å². The fourth-order valence-electron chi connectivity index (χ4n) is 7.35. The number of rotatable bonds is 8. The second-order valence-corrected chi connectivity index (χ2v) is 15.7. The molecule has 2 aliphatic heterocycles. The van der Waals surface area contributed by atoms with Crippen molar-refractivity contribution in [3.05, 3.63) is 184 Å². The summed E-state index contributed by atoms with van der Waals surface area (Å²) >= 11 is 3.38. The summed E-state index contributed by atoms with van der Waals surface area (Å²) in [6.07, 6.45) is -5.32. The summed E-state index contributed by atoms with van der Waals surface area (Å²) in [7, 11) is -2.10. The van der Waals surface area contributed by atoms with Gasteiger partial charge < -0.3 is 20.7 Å². The molecule has 0 radical (unpaired) electrons. The Hall–Kier alpha value is -4.94. The number of nitrogens with one attached hydrogen (secondary N) is 2. The molecule has 2 fully saturated rings. The maximum absolute atomic E-state index is 13.3. The average molecular weight is 936 g/mol. The minimum absolute atomic E-state index is 0. The molecule has 2 aromatic heterocycles. The van der Waals surface area contributed by atoms with Crippen LogP contribution in [0.3, 0.4) is 0 Å². The number of halogens is 7. The topological polar surface area (TPSA) is 96.8 Å². The van der Waals surface area contributed by atoms with E-state index in [1.54, 1.807) is 18.3 Å².